The van der Waals surface area contributed by atoms with E-state index in [2.05, 4.69) is 5.32 Å². The minimum atomic E-state index is -2.10. The lowest BCUT2D eigenvalue weighted by atomic mass is 10.1. The maximum atomic E-state index is 12.1. The van der Waals surface area contributed by atoms with Crippen LogP contribution in [-0.2, 0) is 9.53 Å². The number of alkyl halides is 3. The number of rotatable bonds is 6. The number of anilines is 1. The van der Waals surface area contributed by atoms with E-state index in [0.29, 0.717) is 11.4 Å². The van der Waals surface area contributed by atoms with E-state index in [0.717, 1.165) is 6.42 Å². The summed E-state index contributed by atoms with van der Waals surface area (Å²) in [5.74, 6) is -1.02. The third kappa shape index (κ3) is 6.09. The van der Waals surface area contributed by atoms with E-state index in [4.69, 9.17) is 44.3 Å². The van der Waals surface area contributed by atoms with Crippen molar-refractivity contribution in [1.29, 1.82) is 0 Å². The summed E-state index contributed by atoms with van der Waals surface area (Å²) in [6.45, 7) is 5.76. The number of benzene rings is 1. The van der Waals surface area contributed by atoms with Crippen molar-refractivity contribution >= 4 is 52.4 Å². The second-order valence-corrected chi connectivity index (χ2v) is 7.00. The van der Waals surface area contributed by atoms with Gasteiger partial charge in [0.2, 0.25) is 0 Å². The lowest BCUT2D eigenvalue weighted by Crippen LogP contribution is -2.27. The molecule has 1 rings (SSSR count). The Hall–Kier alpha value is -1.17. The minimum absolute atomic E-state index is 0.0789. The first-order valence-corrected chi connectivity index (χ1v) is 8.18. The highest BCUT2D eigenvalue weighted by Gasteiger charge is 2.31. The molecule has 0 aromatic heterocycles. The quantitative estimate of drug-likeness (QED) is 0.587. The number of amides is 1. The van der Waals surface area contributed by atoms with Gasteiger partial charge in [0.1, 0.15) is 11.3 Å². The number of hydrogen-bond donors (Lipinski definition) is 1. The molecule has 23 heavy (non-hydrogen) atoms. The first-order chi connectivity index (χ1) is 10.7. The Bertz CT molecular complexity index is 572. The summed E-state index contributed by atoms with van der Waals surface area (Å²) in [4.78, 5) is 23.8. The summed E-state index contributed by atoms with van der Waals surface area (Å²) in [7, 11) is 0. The molecule has 1 aromatic rings. The average molecular weight is 383 g/mol. The molecule has 5 nitrogen and oxygen atoms in total. The van der Waals surface area contributed by atoms with Crippen LogP contribution in [0.3, 0.4) is 0 Å². The summed E-state index contributed by atoms with van der Waals surface area (Å²) in [6.07, 6.45) is 0.693. The zero-order valence-corrected chi connectivity index (χ0v) is 15.3. The Kier molecular flexibility index (Phi) is 7.45. The van der Waals surface area contributed by atoms with Gasteiger partial charge >= 0.3 is 5.97 Å². The highest BCUT2D eigenvalue weighted by atomic mass is 35.6. The largest absolute Gasteiger partial charge is 0.490 e. The summed E-state index contributed by atoms with van der Waals surface area (Å²) >= 11 is 16.5. The summed E-state index contributed by atoms with van der Waals surface area (Å²) in [5.41, 5.74) is 0.482. The number of ether oxygens (including phenoxy) is 2. The van der Waals surface area contributed by atoms with Gasteiger partial charge in [0.05, 0.1) is 12.7 Å². The van der Waals surface area contributed by atoms with Crippen molar-refractivity contribution in [2.24, 2.45) is 0 Å². The molecular weight excluding hydrogens is 365 g/mol. The second-order valence-electron chi connectivity index (χ2n) is 4.72. The van der Waals surface area contributed by atoms with Crippen molar-refractivity contribution in [3.8, 4) is 5.75 Å². The van der Waals surface area contributed by atoms with Crippen molar-refractivity contribution in [3.63, 3.8) is 0 Å². The minimum Gasteiger partial charge on any atom is -0.490 e. The second kappa shape index (κ2) is 8.62. The summed E-state index contributed by atoms with van der Waals surface area (Å²) in [6, 6.07) is 4.53. The molecule has 128 valence electrons. The fourth-order valence-electron chi connectivity index (χ4n) is 1.58. The topological polar surface area (TPSA) is 64.6 Å². The fraction of sp³-hybridized carbons (Fsp3) is 0.467. The fourth-order valence-corrected chi connectivity index (χ4v) is 1.72. The van der Waals surface area contributed by atoms with Crippen LogP contribution < -0.4 is 10.1 Å². The Morgan fingerprint density at radius 3 is 2.43 bits per heavy atom. The van der Waals surface area contributed by atoms with Crippen molar-refractivity contribution in [2.75, 3.05) is 11.9 Å². The van der Waals surface area contributed by atoms with Gasteiger partial charge in [-0.25, -0.2) is 4.79 Å². The SMILES string of the molecule is CCOC(=O)c1cc(NC(=O)C(Cl)(Cl)Cl)ccc1O[C@H](C)CC. The first-order valence-electron chi connectivity index (χ1n) is 7.05. The van der Waals surface area contributed by atoms with Crippen LogP contribution in [0.5, 0.6) is 5.75 Å². The number of halogens is 3. The summed E-state index contributed by atoms with van der Waals surface area (Å²) < 4.78 is 8.60. The van der Waals surface area contributed by atoms with Crippen molar-refractivity contribution in [2.45, 2.75) is 37.1 Å². The van der Waals surface area contributed by atoms with Gasteiger partial charge in [0, 0.05) is 5.69 Å². The zero-order chi connectivity index (χ0) is 17.6. The van der Waals surface area contributed by atoms with Crippen LogP contribution in [-0.4, -0.2) is 28.4 Å². The molecule has 0 bridgehead atoms. The molecule has 0 radical (unpaired) electrons. The molecule has 8 heteroatoms. The Morgan fingerprint density at radius 1 is 1.26 bits per heavy atom. The predicted molar refractivity (Wildman–Crippen MR) is 91.7 cm³/mol. The van der Waals surface area contributed by atoms with E-state index in [-0.39, 0.29) is 18.3 Å². The molecular formula is C15H18Cl3NO4. The van der Waals surface area contributed by atoms with E-state index in [1.165, 1.54) is 6.07 Å². The van der Waals surface area contributed by atoms with Crippen LogP contribution in [0.25, 0.3) is 0 Å². The van der Waals surface area contributed by atoms with E-state index in [9.17, 15) is 9.59 Å². The number of nitrogens with one attached hydrogen (secondary N) is 1. The first kappa shape index (κ1) is 19.9. The molecule has 0 saturated heterocycles. The van der Waals surface area contributed by atoms with Crippen LogP contribution >= 0.6 is 34.8 Å². The van der Waals surface area contributed by atoms with E-state index in [1.54, 1.807) is 19.1 Å². The molecule has 0 fully saturated rings. The molecule has 0 aliphatic heterocycles. The van der Waals surface area contributed by atoms with Crippen LogP contribution in [0.1, 0.15) is 37.6 Å². The normalized spacial score (nSPS) is 12.4. The molecule has 1 N–H and O–H groups in total. The molecule has 0 unspecified atom stereocenters. The van der Waals surface area contributed by atoms with Crippen LogP contribution in [0.2, 0.25) is 0 Å². The average Bonchev–Trinajstić information content (AvgIpc) is 2.47. The van der Waals surface area contributed by atoms with Gasteiger partial charge in [-0.05, 0) is 38.5 Å². The number of carbonyl (C=O) groups is 2. The van der Waals surface area contributed by atoms with Gasteiger partial charge in [0.15, 0.2) is 0 Å². The maximum absolute atomic E-state index is 12.1. The van der Waals surface area contributed by atoms with Crippen LogP contribution in [0.15, 0.2) is 18.2 Å². The Labute approximate surface area is 150 Å². The Morgan fingerprint density at radius 2 is 1.91 bits per heavy atom. The van der Waals surface area contributed by atoms with E-state index in [1.807, 2.05) is 13.8 Å². The lowest BCUT2D eigenvalue weighted by Gasteiger charge is -2.17. The molecule has 1 aromatic carbocycles. The maximum Gasteiger partial charge on any atom is 0.341 e. The highest BCUT2D eigenvalue weighted by Crippen LogP contribution is 2.30. The monoisotopic (exact) mass is 381 g/mol. The lowest BCUT2D eigenvalue weighted by molar-refractivity contribution is -0.115. The third-order valence-corrected chi connectivity index (χ3v) is 3.41. The molecule has 0 aliphatic rings. The predicted octanol–water partition coefficient (Wildman–Crippen LogP) is 4.35. The number of esters is 1. The van der Waals surface area contributed by atoms with Crippen molar-refractivity contribution in [3.05, 3.63) is 23.8 Å². The summed E-state index contributed by atoms with van der Waals surface area (Å²) in [5, 5.41) is 2.42. The molecule has 0 spiro atoms. The van der Waals surface area contributed by atoms with Crippen molar-refractivity contribution in [1.82, 2.24) is 0 Å². The van der Waals surface area contributed by atoms with Crippen molar-refractivity contribution < 1.29 is 19.1 Å². The van der Waals surface area contributed by atoms with Gasteiger partial charge in [-0.15, -0.1) is 0 Å². The van der Waals surface area contributed by atoms with Crippen LogP contribution in [0.4, 0.5) is 5.69 Å². The van der Waals surface area contributed by atoms with E-state index >= 15 is 0 Å². The molecule has 1 amide bonds. The number of carbonyl (C=O) groups excluding carboxylic acids is 2. The van der Waals surface area contributed by atoms with Gasteiger partial charge in [-0.3, -0.25) is 4.79 Å². The number of hydrogen-bond acceptors (Lipinski definition) is 4. The standard InChI is InChI=1S/C15H18Cl3NO4/c1-4-9(3)23-12-7-6-10(19-14(21)15(16,17)18)8-11(12)13(20)22-5-2/h6-9H,4-5H2,1-3H3,(H,19,21)/t9-/m1/s1. The zero-order valence-electron chi connectivity index (χ0n) is 13.0. The highest BCUT2D eigenvalue weighted by molar-refractivity contribution is 6.76. The van der Waals surface area contributed by atoms with Gasteiger partial charge in [0.25, 0.3) is 9.70 Å². The van der Waals surface area contributed by atoms with E-state index < -0.39 is 15.7 Å². The smallest absolute Gasteiger partial charge is 0.341 e. The Balaban J connectivity index is 3.11. The van der Waals surface area contributed by atoms with Gasteiger partial charge in [-0.1, -0.05) is 41.7 Å². The third-order valence-electron chi connectivity index (χ3n) is 2.89. The molecule has 0 saturated carbocycles. The molecule has 1 atom stereocenters. The van der Waals surface area contributed by atoms with Crippen LogP contribution in [0, 0.1) is 0 Å². The van der Waals surface area contributed by atoms with Gasteiger partial charge in [-0.2, -0.15) is 0 Å². The molecule has 0 heterocycles. The van der Waals surface area contributed by atoms with Gasteiger partial charge < -0.3 is 14.8 Å². The molecule has 0 aliphatic carbocycles.